The van der Waals surface area contributed by atoms with E-state index in [1.807, 2.05) is 0 Å². The summed E-state index contributed by atoms with van der Waals surface area (Å²) in [6, 6.07) is 0. The van der Waals surface area contributed by atoms with Gasteiger partial charge in [0.25, 0.3) is 0 Å². The maximum absolute atomic E-state index is 11.2. The average molecular weight is 276 g/mol. The third kappa shape index (κ3) is 3.89. The summed E-state index contributed by atoms with van der Waals surface area (Å²) in [6.45, 7) is 4.02. The fraction of sp³-hybridized carbons (Fsp3) is 0.833. The molecule has 0 bridgehead atoms. The van der Waals surface area contributed by atoms with Crippen molar-refractivity contribution in [1.29, 1.82) is 0 Å². The summed E-state index contributed by atoms with van der Waals surface area (Å²) in [4.78, 5) is 22.3. The molecule has 1 saturated heterocycles. The molecular formula is C12H20O7. The molecule has 0 aromatic heterocycles. The van der Waals surface area contributed by atoms with Crippen LogP contribution < -0.4 is 0 Å². The first-order chi connectivity index (χ1) is 8.90. The Balaban J connectivity index is 2.96. The Morgan fingerprint density at radius 3 is 2.11 bits per heavy atom. The molecule has 5 atom stereocenters. The predicted octanol–water partition coefficient (Wildman–Crippen LogP) is -0.151. The standard InChI is InChI=1S/C12H20O7/c1-6-9(5-13)19-12(16-4)11(18-8(3)15)10(6)17-7(2)14/h6,9-13H,5H2,1-4H3/t6-,9+,10+,11+,12+/m1/s1. The normalized spacial score (nSPS) is 34.7. The lowest BCUT2D eigenvalue weighted by Gasteiger charge is -2.43. The molecule has 0 aliphatic carbocycles. The minimum absolute atomic E-state index is 0.244. The van der Waals surface area contributed by atoms with Crippen LogP contribution in [0.15, 0.2) is 0 Å². The van der Waals surface area contributed by atoms with E-state index in [2.05, 4.69) is 0 Å². The summed E-state index contributed by atoms with van der Waals surface area (Å²) in [6.07, 6.45) is -3.02. The fourth-order valence-corrected chi connectivity index (χ4v) is 2.12. The van der Waals surface area contributed by atoms with Gasteiger partial charge in [-0.3, -0.25) is 9.59 Å². The van der Waals surface area contributed by atoms with E-state index in [1.165, 1.54) is 21.0 Å². The maximum Gasteiger partial charge on any atom is 0.303 e. The van der Waals surface area contributed by atoms with E-state index >= 15 is 0 Å². The smallest absolute Gasteiger partial charge is 0.303 e. The molecule has 110 valence electrons. The number of hydrogen-bond acceptors (Lipinski definition) is 7. The van der Waals surface area contributed by atoms with Crippen LogP contribution in [0.2, 0.25) is 0 Å². The molecule has 0 aromatic rings. The van der Waals surface area contributed by atoms with Gasteiger partial charge in [-0.1, -0.05) is 6.92 Å². The second-order valence-corrected chi connectivity index (χ2v) is 4.47. The summed E-state index contributed by atoms with van der Waals surface area (Å²) >= 11 is 0. The highest BCUT2D eigenvalue weighted by molar-refractivity contribution is 5.67. The highest BCUT2D eigenvalue weighted by atomic mass is 16.7. The van der Waals surface area contributed by atoms with Crippen LogP contribution in [-0.4, -0.2) is 55.4 Å². The topological polar surface area (TPSA) is 91.3 Å². The second-order valence-electron chi connectivity index (χ2n) is 4.47. The van der Waals surface area contributed by atoms with Gasteiger partial charge in [-0.2, -0.15) is 0 Å². The molecule has 7 heteroatoms. The summed E-state index contributed by atoms with van der Waals surface area (Å²) < 4.78 is 20.9. The predicted molar refractivity (Wildman–Crippen MR) is 63.0 cm³/mol. The number of rotatable bonds is 4. The van der Waals surface area contributed by atoms with E-state index < -0.39 is 36.5 Å². The van der Waals surface area contributed by atoms with E-state index in [9.17, 15) is 14.7 Å². The first-order valence-corrected chi connectivity index (χ1v) is 6.04. The van der Waals surface area contributed by atoms with Gasteiger partial charge in [-0.05, 0) is 0 Å². The molecule has 19 heavy (non-hydrogen) atoms. The van der Waals surface area contributed by atoms with Crippen molar-refractivity contribution in [1.82, 2.24) is 0 Å². The van der Waals surface area contributed by atoms with Gasteiger partial charge in [0, 0.05) is 26.9 Å². The van der Waals surface area contributed by atoms with Crippen LogP contribution in [0.5, 0.6) is 0 Å². The van der Waals surface area contributed by atoms with Crippen molar-refractivity contribution < 1.29 is 33.6 Å². The van der Waals surface area contributed by atoms with Crippen molar-refractivity contribution in [2.75, 3.05) is 13.7 Å². The fourth-order valence-electron chi connectivity index (χ4n) is 2.12. The molecule has 0 spiro atoms. The second kappa shape index (κ2) is 6.83. The SMILES string of the molecule is CO[C@H]1O[C@@H](CO)[C@@H](C)[C@H](OC(C)=O)[C@@H]1OC(C)=O. The molecule has 0 amide bonds. The third-order valence-electron chi connectivity index (χ3n) is 3.02. The molecule has 1 aliphatic rings. The van der Waals surface area contributed by atoms with Crippen LogP contribution in [0.3, 0.4) is 0 Å². The molecule has 7 nitrogen and oxygen atoms in total. The minimum Gasteiger partial charge on any atom is -0.458 e. The highest BCUT2D eigenvalue weighted by Gasteiger charge is 2.47. The summed E-state index contributed by atoms with van der Waals surface area (Å²) in [7, 11) is 1.39. The monoisotopic (exact) mass is 276 g/mol. The molecular weight excluding hydrogens is 256 g/mol. The van der Waals surface area contributed by atoms with Gasteiger partial charge in [0.05, 0.1) is 12.7 Å². The molecule has 1 aliphatic heterocycles. The van der Waals surface area contributed by atoms with Crippen LogP contribution in [0, 0.1) is 5.92 Å². The highest BCUT2D eigenvalue weighted by Crippen LogP contribution is 2.30. The lowest BCUT2D eigenvalue weighted by Crippen LogP contribution is -2.57. The number of methoxy groups -OCH3 is 1. The van der Waals surface area contributed by atoms with Gasteiger partial charge < -0.3 is 24.1 Å². The van der Waals surface area contributed by atoms with Gasteiger partial charge in [0.15, 0.2) is 12.4 Å². The van der Waals surface area contributed by atoms with Crippen LogP contribution in [0.25, 0.3) is 0 Å². The maximum atomic E-state index is 11.2. The summed E-state index contributed by atoms with van der Waals surface area (Å²) in [5.74, 6) is -1.35. The Morgan fingerprint density at radius 1 is 1.16 bits per heavy atom. The van der Waals surface area contributed by atoms with Crippen molar-refractivity contribution in [3.05, 3.63) is 0 Å². The molecule has 0 unspecified atom stereocenters. The van der Waals surface area contributed by atoms with E-state index in [-0.39, 0.29) is 12.5 Å². The molecule has 1 heterocycles. The Hall–Kier alpha value is -1.18. The van der Waals surface area contributed by atoms with Crippen LogP contribution >= 0.6 is 0 Å². The summed E-state index contributed by atoms with van der Waals surface area (Å²) in [5, 5.41) is 9.27. The molecule has 0 aromatic carbocycles. The first-order valence-electron chi connectivity index (χ1n) is 6.04. The molecule has 1 N–H and O–H groups in total. The van der Waals surface area contributed by atoms with Gasteiger partial charge in [0.2, 0.25) is 0 Å². The minimum atomic E-state index is -0.887. The van der Waals surface area contributed by atoms with E-state index in [1.54, 1.807) is 6.92 Å². The third-order valence-corrected chi connectivity index (χ3v) is 3.02. The van der Waals surface area contributed by atoms with E-state index in [4.69, 9.17) is 18.9 Å². The van der Waals surface area contributed by atoms with Crippen LogP contribution in [-0.2, 0) is 28.5 Å². The number of hydrogen-bond donors (Lipinski definition) is 1. The number of carbonyl (C=O) groups excluding carboxylic acids is 2. The lowest BCUT2D eigenvalue weighted by atomic mass is 9.90. The van der Waals surface area contributed by atoms with E-state index in [0.29, 0.717) is 0 Å². The van der Waals surface area contributed by atoms with Crippen molar-refractivity contribution >= 4 is 11.9 Å². The van der Waals surface area contributed by atoms with E-state index in [0.717, 1.165) is 0 Å². The van der Waals surface area contributed by atoms with Crippen LogP contribution in [0.4, 0.5) is 0 Å². The van der Waals surface area contributed by atoms with Crippen molar-refractivity contribution in [3.63, 3.8) is 0 Å². The molecule has 1 rings (SSSR count). The molecule has 0 radical (unpaired) electrons. The zero-order valence-corrected chi connectivity index (χ0v) is 11.5. The Labute approximate surface area is 111 Å². The van der Waals surface area contributed by atoms with Gasteiger partial charge in [-0.15, -0.1) is 0 Å². The van der Waals surface area contributed by atoms with Gasteiger partial charge in [0.1, 0.15) is 6.10 Å². The van der Waals surface area contributed by atoms with Gasteiger partial charge >= 0.3 is 11.9 Å². The molecule has 0 saturated carbocycles. The quantitative estimate of drug-likeness (QED) is 0.714. The Kier molecular flexibility index (Phi) is 5.71. The number of carbonyl (C=O) groups is 2. The van der Waals surface area contributed by atoms with Crippen LogP contribution in [0.1, 0.15) is 20.8 Å². The van der Waals surface area contributed by atoms with Crippen molar-refractivity contribution in [3.8, 4) is 0 Å². The zero-order valence-electron chi connectivity index (χ0n) is 11.5. The largest absolute Gasteiger partial charge is 0.458 e. The number of ether oxygens (including phenoxy) is 4. The average Bonchev–Trinajstić information content (AvgIpc) is 2.33. The van der Waals surface area contributed by atoms with Crippen molar-refractivity contribution in [2.45, 2.75) is 45.4 Å². The summed E-state index contributed by atoms with van der Waals surface area (Å²) in [5.41, 5.74) is 0. The Morgan fingerprint density at radius 2 is 1.68 bits per heavy atom. The lowest BCUT2D eigenvalue weighted by molar-refractivity contribution is -0.287. The van der Waals surface area contributed by atoms with Crippen molar-refractivity contribution in [2.24, 2.45) is 5.92 Å². The zero-order chi connectivity index (χ0) is 14.6. The number of esters is 2. The number of aliphatic hydroxyl groups is 1. The van der Waals surface area contributed by atoms with Gasteiger partial charge in [-0.25, -0.2) is 0 Å². The first kappa shape index (κ1) is 15.9. The Bertz CT molecular complexity index is 330. The molecule has 1 fully saturated rings. The number of aliphatic hydroxyl groups excluding tert-OH is 1.